The van der Waals surface area contributed by atoms with Gasteiger partial charge in [-0.25, -0.2) is 15.0 Å². The predicted octanol–water partition coefficient (Wildman–Crippen LogP) is 12.2. The van der Waals surface area contributed by atoms with Gasteiger partial charge in [-0.15, -0.1) is 0 Å². The molecular weight excluding hydrogens is 649 g/mol. The van der Waals surface area contributed by atoms with Gasteiger partial charge in [0.1, 0.15) is 11.2 Å². The third-order valence-corrected chi connectivity index (χ3v) is 11.1. The predicted molar refractivity (Wildman–Crippen MR) is 215 cm³/mol. The number of rotatable bonds is 4. The van der Waals surface area contributed by atoms with Gasteiger partial charge in [-0.3, -0.25) is 0 Å². The fraction of sp³-hybridized carbons (Fsp3) is 0.0625. The summed E-state index contributed by atoms with van der Waals surface area (Å²) in [6, 6.07) is 55.2. The van der Waals surface area contributed by atoms with Gasteiger partial charge in [-0.1, -0.05) is 135 Å². The van der Waals surface area contributed by atoms with Crippen molar-refractivity contribution in [3.8, 4) is 51.0 Å². The van der Waals surface area contributed by atoms with Crippen molar-refractivity contribution in [2.45, 2.75) is 19.3 Å². The molecule has 0 saturated heterocycles. The van der Waals surface area contributed by atoms with E-state index in [-0.39, 0.29) is 5.41 Å². The summed E-state index contributed by atoms with van der Waals surface area (Å²) in [6.07, 6.45) is 0. The van der Waals surface area contributed by atoms with Crippen LogP contribution >= 0.6 is 0 Å². The summed E-state index contributed by atoms with van der Waals surface area (Å²) < 4.78 is 8.94. The van der Waals surface area contributed by atoms with Crippen LogP contribution in [0.3, 0.4) is 0 Å². The van der Waals surface area contributed by atoms with Crippen LogP contribution in [0.4, 0.5) is 0 Å². The van der Waals surface area contributed by atoms with Crippen molar-refractivity contribution in [3.05, 3.63) is 169 Å². The Morgan fingerprint density at radius 2 is 1.13 bits per heavy atom. The van der Waals surface area contributed by atoms with Crippen molar-refractivity contribution in [2.24, 2.45) is 0 Å². The average molecular weight is 681 g/mol. The van der Waals surface area contributed by atoms with E-state index in [2.05, 4.69) is 103 Å². The van der Waals surface area contributed by atoms with Crippen molar-refractivity contribution in [1.82, 2.24) is 19.5 Å². The molecule has 3 heterocycles. The van der Waals surface area contributed by atoms with E-state index in [0.717, 1.165) is 44.3 Å². The Balaban J connectivity index is 1.16. The molecule has 3 aromatic heterocycles. The first kappa shape index (κ1) is 29.8. The summed E-state index contributed by atoms with van der Waals surface area (Å²) >= 11 is 0. The minimum Gasteiger partial charge on any atom is -0.456 e. The normalized spacial score (nSPS) is 13.2. The van der Waals surface area contributed by atoms with Gasteiger partial charge < -0.3 is 8.98 Å². The van der Waals surface area contributed by atoms with Crippen molar-refractivity contribution < 1.29 is 4.42 Å². The molecule has 0 fully saturated rings. The largest absolute Gasteiger partial charge is 0.456 e. The molecule has 0 amide bonds. The van der Waals surface area contributed by atoms with E-state index in [0.29, 0.717) is 17.5 Å². The molecule has 11 rings (SSSR count). The molecule has 53 heavy (non-hydrogen) atoms. The average Bonchev–Trinajstić information content (AvgIpc) is 3.83. The van der Waals surface area contributed by atoms with Gasteiger partial charge in [0.2, 0.25) is 0 Å². The minimum absolute atomic E-state index is 0.0792. The molecule has 0 radical (unpaired) electrons. The Morgan fingerprint density at radius 3 is 1.91 bits per heavy atom. The molecule has 1 aliphatic rings. The number of benzene rings is 7. The van der Waals surface area contributed by atoms with Gasteiger partial charge in [0.15, 0.2) is 17.5 Å². The number of furan rings is 1. The lowest BCUT2D eigenvalue weighted by Crippen LogP contribution is -2.14. The first-order valence-corrected chi connectivity index (χ1v) is 18.0. The van der Waals surface area contributed by atoms with Crippen molar-refractivity contribution >= 4 is 43.7 Å². The fourth-order valence-corrected chi connectivity index (χ4v) is 8.60. The molecule has 10 aromatic rings. The molecule has 5 nitrogen and oxygen atoms in total. The smallest absolute Gasteiger partial charge is 0.164 e. The number of hydrogen-bond acceptors (Lipinski definition) is 4. The van der Waals surface area contributed by atoms with E-state index < -0.39 is 0 Å². The Bertz CT molecular complexity index is 3020. The second-order valence-corrected chi connectivity index (χ2v) is 14.4. The molecule has 0 N–H and O–H groups in total. The van der Waals surface area contributed by atoms with Gasteiger partial charge in [0, 0.05) is 49.3 Å². The second kappa shape index (κ2) is 11.1. The van der Waals surface area contributed by atoms with Gasteiger partial charge in [0.05, 0.1) is 11.0 Å². The molecule has 7 aromatic carbocycles. The molecule has 0 aliphatic heterocycles. The Labute approximate surface area is 305 Å². The zero-order valence-corrected chi connectivity index (χ0v) is 29.2. The standard InChI is InChI=1S/C48H32N4O/c1-48(2)36-21-11-9-18-32(36)43-37(48)25-26-39-44(43)33-19-10-12-22-38(33)52(39)31-24-27-40-35(28-31)42-34(20-13-23-41(42)53-40)47-50-45(29-14-5-3-6-15-29)49-46(51-47)30-16-7-4-8-17-30/h3-28H,1-2H3. The minimum atomic E-state index is -0.0792. The Morgan fingerprint density at radius 1 is 0.472 bits per heavy atom. The first-order chi connectivity index (χ1) is 26.0. The van der Waals surface area contributed by atoms with E-state index in [1.807, 2.05) is 72.8 Å². The summed E-state index contributed by atoms with van der Waals surface area (Å²) in [5.41, 5.74) is 13.1. The summed E-state index contributed by atoms with van der Waals surface area (Å²) in [4.78, 5) is 15.1. The molecule has 5 heteroatoms. The van der Waals surface area contributed by atoms with Crippen LogP contribution in [0.25, 0.3) is 94.7 Å². The maximum absolute atomic E-state index is 6.53. The molecule has 0 saturated carbocycles. The topological polar surface area (TPSA) is 56.7 Å². The number of fused-ring (bicyclic) bond motifs is 10. The molecule has 0 bridgehead atoms. The van der Waals surface area contributed by atoms with Crippen LogP contribution in [-0.2, 0) is 5.41 Å². The molecule has 0 spiro atoms. The quantitative estimate of drug-likeness (QED) is 0.186. The number of hydrogen-bond donors (Lipinski definition) is 0. The number of para-hydroxylation sites is 1. The number of nitrogens with zero attached hydrogens (tertiary/aromatic N) is 4. The van der Waals surface area contributed by atoms with E-state index in [1.54, 1.807) is 0 Å². The first-order valence-electron chi connectivity index (χ1n) is 18.0. The van der Waals surface area contributed by atoms with Crippen LogP contribution in [0.1, 0.15) is 25.0 Å². The zero-order valence-electron chi connectivity index (χ0n) is 29.2. The summed E-state index contributed by atoms with van der Waals surface area (Å²) in [5.74, 6) is 1.86. The SMILES string of the molecule is CC1(C)c2ccccc2-c2c1ccc1c2c2ccccc2n1-c1ccc2oc3cccc(-c4nc(-c5ccccc5)nc(-c5ccccc5)n4)c3c2c1. The van der Waals surface area contributed by atoms with E-state index in [1.165, 1.54) is 44.1 Å². The van der Waals surface area contributed by atoms with E-state index >= 15 is 0 Å². The van der Waals surface area contributed by atoms with E-state index in [4.69, 9.17) is 19.4 Å². The van der Waals surface area contributed by atoms with Crippen LogP contribution in [0.15, 0.2) is 162 Å². The van der Waals surface area contributed by atoms with Gasteiger partial charge >= 0.3 is 0 Å². The molecule has 0 unspecified atom stereocenters. The maximum Gasteiger partial charge on any atom is 0.164 e. The highest BCUT2D eigenvalue weighted by molar-refractivity contribution is 6.18. The summed E-state index contributed by atoms with van der Waals surface area (Å²) in [6.45, 7) is 4.69. The fourth-order valence-electron chi connectivity index (χ4n) is 8.60. The third kappa shape index (κ3) is 4.34. The molecular formula is C48H32N4O. The molecule has 0 atom stereocenters. The lowest BCUT2D eigenvalue weighted by atomic mass is 9.82. The second-order valence-electron chi connectivity index (χ2n) is 14.4. The van der Waals surface area contributed by atoms with Crippen molar-refractivity contribution in [2.75, 3.05) is 0 Å². The molecule has 1 aliphatic carbocycles. The van der Waals surface area contributed by atoms with Gasteiger partial charge in [0.25, 0.3) is 0 Å². The lowest BCUT2D eigenvalue weighted by Gasteiger charge is -2.21. The van der Waals surface area contributed by atoms with Crippen molar-refractivity contribution in [3.63, 3.8) is 0 Å². The van der Waals surface area contributed by atoms with Crippen molar-refractivity contribution in [1.29, 1.82) is 0 Å². The van der Waals surface area contributed by atoms with Crippen LogP contribution in [0, 0.1) is 0 Å². The highest BCUT2D eigenvalue weighted by Crippen LogP contribution is 2.53. The van der Waals surface area contributed by atoms with Crippen LogP contribution in [0.2, 0.25) is 0 Å². The summed E-state index contributed by atoms with van der Waals surface area (Å²) in [5, 5.41) is 4.53. The number of aromatic nitrogens is 4. The Hall–Kier alpha value is -6.85. The monoisotopic (exact) mass is 680 g/mol. The Kier molecular flexibility index (Phi) is 6.23. The highest BCUT2D eigenvalue weighted by atomic mass is 16.3. The summed E-state index contributed by atoms with van der Waals surface area (Å²) in [7, 11) is 0. The van der Waals surface area contributed by atoms with Gasteiger partial charge in [-0.2, -0.15) is 0 Å². The van der Waals surface area contributed by atoms with E-state index in [9.17, 15) is 0 Å². The van der Waals surface area contributed by atoms with Crippen LogP contribution in [-0.4, -0.2) is 19.5 Å². The van der Waals surface area contributed by atoms with Crippen LogP contribution < -0.4 is 0 Å². The zero-order chi connectivity index (χ0) is 35.3. The highest BCUT2D eigenvalue weighted by Gasteiger charge is 2.37. The maximum atomic E-state index is 6.53. The van der Waals surface area contributed by atoms with Crippen LogP contribution in [0.5, 0.6) is 0 Å². The molecule has 250 valence electrons. The third-order valence-electron chi connectivity index (χ3n) is 11.1. The lowest BCUT2D eigenvalue weighted by molar-refractivity contribution is 0.661. The van der Waals surface area contributed by atoms with Gasteiger partial charge in [-0.05, 0) is 58.7 Å².